The molecule has 0 aliphatic heterocycles. The molecule has 0 atom stereocenters. The van der Waals surface area contributed by atoms with Gasteiger partial charge in [-0.15, -0.1) is 0 Å². The Bertz CT molecular complexity index is 592. The third-order valence-electron chi connectivity index (χ3n) is 2.30. The van der Waals surface area contributed by atoms with E-state index in [9.17, 15) is 4.79 Å². The molecule has 0 fully saturated rings. The lowest BCUT2D eigenvalue weighted by Crippen LogP contribution is -2.18. The Morgan fingerprint density at radius 1 is 1.50 bits per heavy atom. The maximum Gasteiger partial charge on any atom is 0.329 e. The average Bonchev–Trinajstić information content (AvgIpc) is 2.53. The number of H-pyrrole nitrogens is 1. The second kappa shape index (κ2) is 3.92. The highest BCUT2D eigenvalue weighted by Crippen LogP contribution is 2.11. The highest BCUT2D eigenvalue weighted by atomic mass is 16.1. The number of hydrogen-bond acceptors (Lipinski definition) is 3. The van der Waals surface area contributed by atoms with Gasteiger partial charge in [0.25, 0.3) is 0 Å². The van der Waals surface area contributed by atoms with Gasteiger partial charge < -0.3 is 0 Å². The van der Waals surface area contributed by atoms with Crippen LogP contribution >= 0.6 is 0 Å². The van der Waals surface area contributed by atoms with Gasteiger partial charge in [0.2, 0.25) is 0 Å². The molecular weight excluding hydrogens is 204 g/mol. The summed E-state index contributed by atoms with van der Waals surface area (Å²) >= 11 is 0. The molecule has 5 nitrogen and oxygen atoms in total. The molecule has 0 unspecified atom stereocenters. The molecule has 0 saturated carbocycles. The Morgan fingerprint density at radius 2 is 2.25 bits per heavy atom. The van der Waals surface area contributed by atoms with Crippen LogP contribution < -0.4 is 5.69 Å². The van der Waals surface area contributed by atoms with Crippen molar-refractivity contribution in [1.29, 1.82) is 0 Å². The van der Waals surface area contributed by atoms with E-state index in [1.807, 2.05) is 32.9 Å². The zero-order chi connectivity index (χ0) is 11.7. The lowest BCUT2D eigenvalue weighted by molar-refractivity contribution is 0.593. The number of aromatic amines is 1. The van der Waals surface area contributed by atoms with Gasteiger partial charge in [-0.25, -0.2) is 14.8 Å². The van der Waals surface area contributed by atoms with Gasteiger partial charge in [0, 0.05) is 6.04 Å². The molecule has 2 rings (SSSR count). The molecule has 0 spiro atoms. The van der Waals surface area contributed by atoms with Gasteiger partial charge in [-0.05, 0) is 26.8 Å². The summed E-state index contributed by atoms with van der Waals surface area (Å²) in [6, 6.07) is 0.0661. The Kier molecular flexibility index (Phi) is 2.60. The number of imidazole rings is 1. The van der Waals surface area contributed by atoms with Crippen LogP contribution in [0.2, 0.25) is 0 Å². The summed E-state index contributed by atoms with van der Waals surface area (Å²) in [6.45, 7) is 5.80. The molecule has 0 aromatic carbocycles. The van der Waals surface area contributed by atoms with E-state index in [2.05, 4.69) is 15.0 Å². The fourth-order valence-corrected chi connectivity index (χ4v) is 1.64. The highest BCUT2D eigenvalue weighted by molar-refractivity contribution is 5.67. The summed E-state index contributed by atoms with van der Waals surface area (Å²) in [5.41, 5.74) is 1.73. The maximum absolute atomic E-state index is 11.7. The Hall–Kier alpha value is -1.91. The van der Waals surface area contributed by atoms with Crippen LogP contribution in [0.15, 0.2) is 17.1 Å². The first kappa shape index (κ1) is 10.6. The van der Waals surface area contributed by atoms with Crippen LogP contribution in [0.4, 0.5) is 0 Å². The van der Waals surface area contributed by atoms with Crippen molar-refractivity contribution in [3.63, 3.8) is 0 Å². The summed E-state index contributed by atoms with van der Waals surface area (Å²) in [7, 11) is 0. The largest absolute Gasteiger partial charge is 0.329 e. The SMILES string of the molecule is C/C=C\c1cnc2[nH]c(=O)n(C(C)C)c2n1. The quantitative estimate of drug-likeness (QED) is 0.835. The van der Waals surface area contributed by atoms with E-state index in [1.165, 1.54) is 0 Å². The Balaban J connectivity index is 2.74. The normalized spacial score (nSPS) is 12.0. The molecule has 16 heavy (non-hydrogen) atoms. The Labute approximate surface area is 92.9 Å². The van der Waals surface area contributed by atoms with Crippen LogP contribution in [0.1, 0.15) is 32.5 Å². The molecule has 0 aliphatic rings. The summed E-state index contributed by atoms with van der Waals surface area (Å²) in [5, 5.41) is 0. The van der Waals surface area contributed by atoms with E-state index in [4.69, 9.17) is 0 Å². The van der Waals surface area contributed by atoms with Gasteiger partial charge in [-0.2, -0.15) is 0 Å². The van der Waals surface area contributed by atoms with Crippen molar-refractivity contribution < 1.29 is 0 Å². The highest BCUT2D eigenvalue weighted by Gasteiger charge is 2.11. The van der Waals surface area contributed by atoms with E-state index in [1.54, 1.807) is 10.8 Å². The third-order valence-corrected chi connectivity index (χ3v) is 2.30. The van der Waals surface area contributed by atoms with Gasteiger partial charge in [0.1, 0.15) is 0 Å². The van der Waals surface area contributed by atoms with Gasteiger partial charge in [-0.3, -0.25) is 9.55 Å². The van der Waals surface area contributed by atoms with E-state index < -0.39 is 0 Å². The van der Waals surface area contributed by atoms with Gasteiger partial charge in [0.15, 0.2) is 11.3 Å². The summed E-state index contributed by atoms with van der Waals surface area (Å²) < 4.78 is 1.61. The smallest absolute Gasteiger partial charge is 0.289 e. The number of nitrogens with zero attached hydrogens (tertiary/aromatic N) is 3. The standard InChI is InChI=1S/C11H14N4O/c1-4-5-8-6-12-9-10(13-8)15(7(2)3)11(16)14-9/h4-7H,1-3H3,(H,12,14,16)/b5-4-. The van der Waals surface area contributed by atoms with Crippen molar-refractivity contribution in [2.75, 3.05) is 0 Å². The molecule has 0 radical (unpaired) electrons. The predicted octanol–water partition coefficient (Wildman–Crippen LogP) is 1.73. The topological polar surface area (TPSA) is 63.6 Å². The van der Waals surface area contributed by atoms with Crippen molar-refractivity contribution in [1.82, 2.24) is 19.5 Å². The molecule has 0 aliphatic carbocycles. The first-order valence-electron chi connectivity index (χ1n) is 5.23. The van der Waals surface area contributed by atoms with Crippen LogP contribution in [0.3, 0.4) is 0 Å². The van der Waals surface area contributed by atoms with E-state index in [0.717, 1.165) is 5.69 Å². The van der Waals surface area contributed by atoms with Crippen LogP contribution in [-0.4, -0.2) is 19.5 Å². The lowest BCUT2D eigenvalue weighted by Gasteiger charge is -2.05. The molecule has 0 amide bonds. The summed E-state index contributed by atoms with van der Waals surface area (Å²) in [4.78, 5) is 22.9. The predicted molar refractivity (Wildman–Crippen MR) is 63.2 cm³/mol. The first-order chi connectivity index (χ1) is 7.63. The minimum atomic E-state index is -0.164. The second-order valence-electron chi connectivity index (χ2n) is 3.86. The van der Waals surface area contributed by atoms with E-state index in [0.29, 0.717) is 11.3 Å². The second-order valence-corrected chi connectivity index (χ2v) is 3.86. The summed E-state index contributed by atoms with van der Waals surface area (Å²) in [6.07, 6.45) is 5.39. The van der Waals surface area contributed by atoms with E-state index in [-0.39, 0.29) is 11.7 Å². The molecule has 0 saturated heterocycles. The van der Waals surface area contributed by atoms with Gasteiger partial charge in [0.05, 0.1) is 11.9 Å². The van der Waals surface area contributed by atoms with Crippen molar-refractivity contribution in [2.45, 2.75) is 26.8 Å². The summed E-state index contributed by atoms with van der Waals surface area (Å²) in [5.74, 6) is 0. The molecule has 2 aromatic rings. The lowest BCUT2D eigenvalue weighted by atomic mass is 10.4. The zero-order valence-electron chi connectivity index (χ0n) is 9.56. The number of fused-ring (bicyclic) bond motifs is 1. The molecule has 2 aromatic heterocycles. The van der Waals surface area contributed by atoms with Crippen molar-refractivity contribution >= 4 is 17.4 Å². The Morgan fingerprint density at radius 3 is 2.88 bits per heavy atom. The van der Waals surface area contributed by atoms with Crippen molar-refractivity contribution in [3.05, 3.63) is 28.5 Å². The molecule has 1 N–H and O–H groups in total. The first-order valence-corrected chi connectivity index (χ1v) is 5.23. The molecule has 2 heterocycles. The molecule has 5 heteroatoms. The number of aromatic nitrogens is 4. The van der Waals surface area contributed by atoms with Crippen LogP contribution in [0, 0.1) is 0 Å². The van der Waals surface area contributed by atoms with Crippen molar-refractivity contribution in [3.8, 4) is 0 Å². The number of allylic oxidation sites excluding steroid dienone is 1. The molecular formula is C11H14N4O. The average molecular weight is 218 g/mol. The fraction of sp³-hybridized carbons (Fsp3) is 0.364. The monoisotopic (exact) mass is 218 g/mol. The molecule has 84 valence electrons. The maximum atomic E-state index is 11.7. The van der Waals surface area contributed by atoms with Gasteiger partial charge >= 0.3 is 5.69 Å². The van der Waals surface area contributed by atoms with Crippen LogP contribution in [0.5, 0.6) is 0 Å². The number of hydrogen-bond donors (Lipinski definition) is 1. The number of rotatable bonds is 2. The molecule has 0 bridgehead atoms. The third kappa shape index (κ3) is 1.64. The minimum absolute atomic E-state index is 0.0661. The van der Waals surface area contributed by atoms with Crippen LogP contribution in [0.25, 0.3) is 17.4 Å². The van der Waals surface area contributed by atoms with Crippen LogP contribution in [-0.2, 0) is 0 Å². The van der Waals surface area contributed by atoms with Crippen molar-refractivity contribution in [2.24, 2.45) is 0 Å². The van der Waals surface area contributed by atoms with E-state index >= 15 is 0 Å². The minimum Gasteiger partial charge on any atom is -0.289 e. The van der Waals surface area contributed by atoms with Gasteiger partial charge in [-0.1, -0.05) is 6.08 Å². The fourth-order valence-electron chi connectivity index (χ4n) is 1.64. The zero-order valence-corrected chi connectivity index (χ0v) is 9.56. The number of nitrogens with one attached hydrogen (secondary N) is 1.